The Balaban J connectivity index is 1.36. The Bertz CT molecular complexity index is 1290. The van der Waals surface area contributed by atoms with Gasteiger partial charge in [0.25, 0.3) is 5.91 Å². The van der Waals surface area contributed by atoms with Crippen LogP contribution in [0, 0.1) is 5.92 Å². The van der Waals surface area contributed by atoms with E-state index in [9.17, 15) is 9.90 Å². The fourth-order valence-corrected chi connectivity index (χ4v) is 4.46. The number of rotatable bonds is 5. The summed E-state index contributed by atoms with van der Waals surface area (Å²) in [4.78, 5) is 19.6. The Morgan fingerprint density at radius 2 is 1.94 bits per heavy atom. The van der Waals surface area contributed by atoms with Gasteiger partial charge in [0.05, 0.1) is 5.69 Å². The maximum atomic E-state index is 12.9. The van der Waals surface area contributed by atoms with E-state index in [0.717, 1.165) is 55.0 Å². The highest BCUT2D eigenvalue weighted by molar-refractivity contribution is 6.36. The molecular weight excluding hydrogens is 413 g/mol. The number of anilines is 1. The topological polar surface area (TPSA) is 82.8 Å². The van der Waals surface area contributed by atoms with E-state index in [1.165, 1.54) is 0 Å². The van der Waals surface area contributed by atoms with Gasteiger partial charge in [-0.3, -0.25) is 4.79 Å². The standard InChI is InChI=1S/C25H26BN5O2/c26-20-15-28-31-23(13-21(29-24(20)31)19-10-4-5-11-22(19)32)27-14-17-7-6-12-30(16-17)25(33)18-8-2-1-3-9-18/h1-5,8-11,13,15,17,27,32H,6-7,12,14,16,26H2. The fourth-order valence-electron chi connectivity index (χ4n) is 4.46. The molecule has 0 radical (unpaired) electrons. The number of phenolic OH excluding ortho intramolecular Hbond substituents is 1. The molecule has 4 aromatic rings. The van der Waals surface area contributed by atoms with E-state index in [1.54, 1.807) is 22.8 Å². The number of fused-ring (bicyclic) bond motifs is 1. The molecule has 0 saturated carbocycles. The van der Waals surface area contributed by atoms with Crippen LogP contribution in [-0.2, 0) is 0 Å². The predicted octanol–water partition coefficient (Wildman–Crippen LogP) is 2.32. The van der Waals surface area contributed by atoms with Crippen molar-refractivity contribution in [1.29, 1.82) is 0 Å². The summed E-state index contributed by atoms with van der Waals surface area (Å²) in [7, 11) is 1.97. The average molecular weight is 439 g/mol. The van der Waals surface area contributed by atoms with Crippen molar-refractivity contribution in [2.24, 2.45) is 5.92 Å². The van der Waals surface area contributed by atoms with Gasteiger partial charge in [0.1, 0.15) is 19.4 Å². The Kier molecular flexibility index (Phi) is 5.73. The lowest BCUT2D eigenvalue weighted by Gasteiger charge is -2.33. The normalized spacial score (nSPS) is 16.1. The Labute approximate surface area is 193 Å². The lowest BCUT2D eigenvalue weighted by molar-refractivity contribution is 0.0680. The largest absolute Gasteiger partial charge is 0.507 e. The fraction of sp³-hybridized carbons (Fsp3) is 0.240. The van der Waals surface area contributed by atoms with Gasteiger partial charge in [-0.1, -0.05) is 30.3 Å². The number of nitrogens with zero attached hydrogens (tertiary/aromatic N) is 4. The molecule has 1 saturated heterocycles. The molecule has 5 rings (SSSR count). The van der Waals surface area contributed by atoms with Gasteiger partial charge in [0.15, 0.2) is 5.65 Å². The molecule has 0 bridgehead atoms. The van der Waals surface area contributed by atoms with E-state index in [1.807, 2.05) is 61.3 Å². The Hall–Kier alpha value is -3.81. The number of carbonyl (C=O) groups is 1. The number of para-hydroxylation sites is 1. The summed E-state index contributed by atoms with van der Waals surface area (Å²) < 4.78 is 1.80. The Morgan fingerprint density at radius 1 is 1.15 bits per heavy atom. The van der Waals surface area contributed by atoms with Gasteiger partial charge in [-0.25, -0.2) is 4.98 Å². The van der Waals surface area contributed by atoms with Crippen LogP contribution < -0.4 is 10.8 Å². The van der Waals surface area contributed by atoms with Gasteiger partial charge >= 0.3 is 0 Å². The molecule has 166 valence electrons. The highest BCUT2D eigenvalue weighted by Crippen LogP contribution is 2.29. The third-order valence-electron chi connectivity index (χ3n) is 6.23. The van der Waals surface area contributed by atoms with Crippen LogP contribution in [0.5, 0.6) is 5.75 Å². The number of nitrogens with one attached hydrogen (secondary N) is 1. The molecular formula is C25H26BN5O2. The molecule has 1 fully saturated rings. The van der Waals surface area contributed by atoms with Crippen LogP contribution in [-0.4, -0.2) is 58.0 Å². The van der Waals surface area contributed by atoms with Crippen LogP contribution in [0.1, 0.15) is 23.2 Å². The molecule has 1 unspecified atom stereocenters. The highest BCUT2D eigenvalue weighted by atomic mass is 16.3. The van der Waals surface area contributed by atoms with Crippen molar-refractivity contribution in [3.63, 3.8) is 0 Å². The first-order chi connectivity index (χ1) is 16.1. The van der Waals surface area contributed by atoms with Gasteiger partial charge in [-0.05, 0) is 48.5 Å². The van der Waals surface area contributed by atoms with Crippen molar-refractivity contribution in [2.75, 3.05) is 25.0 Å². The summed E-state index contributed by atoms with van der Waals surface area (Å²) in [5.74, 6) is 1.44. The predicted molar refractivity (Wildman–Crippen MR) is 132 cm³/mol. The quantitative estimate of drug-likeness (QED) is 0.467. The summed E-state index contributed by atoms with van der Waals surface area (Å²) in [5.41, 5.74) is 3.83. The minimum atomic E-state index is 0.0936. The number of amides is 1. The number of aromatic hydroxyl groups is 1. The van der Waals surface area contributed by atoms with Gasteiger partial charge < -0.3 is 15.3 Å². The van der Waals surface area contributed by atoms with Crippen LogP contribution in [0.4, 0.5) is 5.82 Å². The van der Waals surface area contributed by atoms with Gasteiger partial charge in [-0.15, -0.1) is 0 Å². The maximum absolute atomic E-state index is 12.9. The molecule has 2 aromatic carbocycles. The van der Waals surface area contributed by atoms with Crippen molar-refractivity contribution in [2.45, 2.75) is 12.8 Å². The molecule has 2 aromatic heterocycles. The second kappa shape index (κ2) is 8.98. The SMILES string of the molecule is Bc1cnn2c(NCC3CCCN(C(=O)c4ccccc4)C3)cc(-c3ccccc3O)nc12. The molecule has 7 nitrogen and oxygen atoms in total. The van der Waals surface area contributed by atoms with E-state index >= 15 is 0 Å². The molecule has 8 heteroatoms. The first kappa shape index (κ1) is 21.1. The number of likely N-dealkylation sites (tertiary alicyclic amines) is 1. The van der Waals surface area contributed by atoms with E-state index < -0.39 is 0 Å². The lowest BCUT2D eigenvalue weighted by Crippen LogP contribution is -2.41. The Morgan fingerprint density at radius 3 is 2.76 bits per heavy atom. The van der Waals surface area contributed by atoms with Crippen molar-refractivity contribution in [3.8, 4) is 17.0 Å². The summed E-state index contributed by atoms with van der Waals surface area (Å²) in [5, 5.41) is 18.4. The van der Waals surface area contributed by atoms with Crippen molar-refractivity contribution >= 4 is 30.7 Å². The zero-order valence-corrected chi connectivity index (χ0v) is 18.6. The lowest BCUT2D eigenvalue weighted by atomic mass is 9.97. The molecule has 1 aliphatic rings. The summed E-state index contributed by atoms with van der Waals surface area (Å²) in [6, 6.07) is 18.6. The second-order valence-corrected chi connectivity index (χ2v) is 8.61. The van der Waals surface area contributed by atoms with E-state index in [0.29, 0.717) is 17.2 Å². The van der Waals surface area contributed by atoms with Gasteiger partial charge in [0, 0.05) is 43.0 Å². The first-order valence-electron chi connectivity index (χ1n) is 11.3. The van der Waals surface area contributed by atoms with Crippen molar-refractivity contribution < 1.29 is 9.90 Å². The van der Waals surface area contributed by atoms with Crippen LogP contribution >= 0.6 is 0 Å². The minimum absolute atomic E-state index is 0.0936. The summed E-state index contributed by atoms with van der Waals surface area (Å²) >= 11 is 0. The highest BCUT2D eigenvalue weighted by Gasteiger charge is 2.24. The first-order valence-corrected chi connectivity index (χ1v) is 11.3. The van der Waals surface area contributed by atoms with Gasteiger partial charge in [0.2, 0.25) is 0 Å². The zero-order chi connectivity index (χ0) is 22.8. The number of phenols is 1. The van der Waals surface area contributed by atoms with Crippen LogP contribution in [0.2, 0.25) is 0 Å². The van der Waals surface area contributed by atoms with Crippen LogP contribution in [0.25, 0.3) is 16.9 Å². The van der Waals surface area contributed by atoms with Crippen LogP contribution in [0.15, 0.2) is 66.9 Å². The maximum Gasteiger partial charge on any atom is 0.253 e. The van der Waals surface area contributed by atoms with Gasteiger partial charge in [-0.2, -0.15) is 9.61 Å². The molecule has 1 atom stereocenters. The van der Waals surface area contributed by atoms with Crippen LogP contribution in [0.3, 0.4) is 0 Å². The summed E-state index contributed by atoms with van der Waals surface area (Å²) in [6.07, 6.45) is 3.84. The smallest absolute Gasteiger partial charge is 0.253 e. The molecule has 33 heavy (non-hydrogen) atoms. The zero-order valence-electron chi connectivity index (χ0n) is 18.6. The number of aromatic nitrogens is 3. The summed E-state index contributed by atoms with van der Waals surface area (Å²) in [6.45, 7) is 2.23. The number of hydrogen-bond acceptors (Lipinski definition) is 5. The monoisotopic (exact) mass is 439 g/mol. The molecule has 0 spiro atoms. The number of piperidine rings is 1. The van der Waals surface area contributed by atoms with E-state index in [2.05, 4.69) is 10.4 Å². The number of benzene rings is 2. The van der Waals surface area contributed by atoms with Crippen molar-refractivity contribution in [3.05, 3.63) is 72.4 Å². The molecule has 2 N–H and O–H groups in total. The molecule has 1 aliphatic heterocycles. The second-order valence-electron chi connectivity index (χ2n) is 8.61. The number of hydrogen-bond donors (Lipinski definition) is 2. The molecule has 0 aliphatic carbocycles. The van der Waals surface area contributed by atoms with E-state index in [4.69, 9.17) is 4.98 Å². The third-order valence-corrected chi connectivity index (χ3v) is 6.23. The van der Waals surface area contributed by atoms with E-state index in [-0.39, 0.29) is 11.7 Å². The average Bonchev–Trinajstić information content (AvgIpc) is 3.24. The number of carbonyl (C=O) groups excluding carboxylic acids is 1. The minimum Gasteiger partial charge on any atom is -0.507 e. The molecule has 1 amide bonds. The third kappa shape index (κ3) is 4.28. The van der Waals surface area contributed by atoms with Crippen molar-refractivity contribution in [1.82, 2.24) is 19.5 Å². The molecule has 3 heterocycles.